The normalized spacial score (nSPS) is 16.8. The lowest BCUT2D eigenvalue weighted by Crippen LogP contribution is -2.50. The van der Waals surface area contributed by atoms with Crippen molar-refractivity contribution >= 4 is 31.1 Å². The molecule has 51 heavy (non-hydrogen) atoms. The molecular formula is C34H41F3N10O3Si. The van der Waals surface area contributed by atoms with Gasteiger partial charge in [-0.15, -0.1) is 5.10 Å². The van der Waals surface area contributed by atoms with Crippen LogP contribution in [-0.4, -0.2) is 84.0 Å². The smallest absolute Gasteiger partial charge is 0.419 e. The van der Waals surface area contributed by atoms with E-state index in [-0.39, 0.29) is 49.2 Å². The predicted octanol–water partition coefficient (Wildman–Crippen LogP) is 6.62. The average Bonchev–Trinajstić information content (AvgIpc) is 3.68. The maximum Gasteiger partial charge on any atom is 0.419 e. The van der Waals surface area contributed by atoms with Crippen LogP contribution < -0.4 is 5.32 Å². The van der Waals surface area contributed by atoms with E-state index in [1.165, 1.54) is 4.68 Å². The van der Waals surface area contributed by atoms with Crippen LogP contribution in [0.1, 0.15) is 30.9 Å². The van der Waals surface area contributed by atoms with Crippen molar-refractivity contribution in [2.24, 2.45) is 7.05 Å². The summed E-state index contributed by atoms with van der Waals surface area (Å²) in [6.07, 6.45) is -1.52. The fourth-order valence-electron chi connectivity index (χ4n) is 5.89. The van der Waals surface area contributed by atoms with Crippen molar-refractivity contribution in [2.75, 3.05) is 18.5 Å². The number of halogens is 3. The van der Waals surface area contributed by atoms with E-state index in [9.17, 15) is 18.0 Å². The van der Waals surface area contributed by atoms with Crippen LogP contribution in [0.5, 0.6) is 0 Å². The van der Waals surface area contributed by atoms with E-state index in [1.54, 1.807) is 34.8 Å². The molecule has 2 atom stereocenters. The zero-order chi connectivity index (χ0) is 36.3. The van der Waals surface area contributed by atoms with Crippen molar-refractivity contribution in [1.29, 1.82) is 0 Å². The van der Waals surface area contributed by atoms with Crippen molar-refractivity contribution in [2.45, 2.75) is 77.0 Å². The van der Waals surface area contributed by atoms with Gasteiger partial charge in [0.1, 0.15) is 30.2 Å². The maximum atomic E-state index is 14.5. The number of alkyl halides is 3. The summed E-state index contributed by atoms with van der Waals surface area (Å²) >= 11 is 0. The van der Waals surface area contributed by atoms with Gasteiger partial charge in [0.05, 0.1) is 5.69 Å². The number of hydrogen-bond acceptors (Lipinski definition) is 10. The van der Waals surface area contributed by atoms with E-state index in [0.29, 0.717) is 42.0 Å². The number of likely N-dealkylation sites (tertiary alicyclic amines) is 1. The molecule has 270 valence electrons. The molecule has 5 heterocycles. The van der Waals surface area contributed by atoms with Crippen LogP contribution in [-0.2, 0) is 36.0 Å². The first-order valence-electron chi connectivity index (χ1n) is 16.8. The Morgan fingerprint density at radius 2 is 1.86 bits per heavy atom. The number of piperidine rings is 1. The molecule has 6 rings (SSSR count). The van der Waals surface area contributed by atoms with Crippen molar-refractivity contribution in [3.05, 3.63) is 66.0 Å². The number of tetrazole rings is 1. The lowest BCUT2D eigenvalue weighted by Gasteiger charge is -2.37. The number of carbonyl (C=O) groups excluding carboxylic acids is 1. The molecule has 0 radical (unpaired) electrons. The fraction of sp³-hybridized carbons (Fsp3) is 0.441. The second-order valence-electron chi connectivity index (χ2n) is 14.0. The van der Waals surface area contributed by atoms with Gasteiger partial charge in [-0.2, -0.15) is 13.2 Å². The zero-order valence-electron chi connectivity index (χ0n) is 29.2. The molecule has 0 aliphatic carbocycles. The molecule has 1 saturated heterocycles. The van der Waals surface area contributed by atoms with Crippen LogP contribution in [0.3, 0.4) is 0 Å². The first kappa shape index (κ1) is 35.9. The molecule has 0 spiro atoms. The number of nitrogens with one attached hydrogen (secondary N) is 1. The van der Waals surface area contributed by atoms with E-state index < -0.39 is 25.9 Å². The standard InChI is InChI=1S/C34H41F3N10O3Si/c1-22-11-12-24(18-47(22)33(48)50-20-23-9-7-6-8-10-23)39-32-38-17-27(34(35,36)37)29(41-32)26-19-46(21-49-15-16-51(3,4)5)30-25(26)13-14-28(40-30)31-42-43-44-45(31)2/h6-10,13-14,17,19,22,24H,11-12,15-16,18,20-21H2,1-5H3,(H,38,39,41)/t22-,24-/m1/s1. The number of fused-ring (bicyclic) bond motifs is 1. The molecule has 5 aromatic rings. The van der Waals surface area contributed by atoms with Gasteiger partial charge in [0.25, 0.3) is 0 Å². The number of amides is 1. The van der Waals surface area contributed by atoms with Gasteiger partial charge in [0.15, 0.2) is 5.82 Å². The quantitative estimate of drug-likeness (QED) is 0.117. The average molecular weight is 723 g/mol. The molecule has 1 aromatic carbocycles. The Bertz CT molecular complexity index is 1980. The summed E-state index contributed by atoms with van der Waals surface area (Å²) in [5, 5.41) is 15.2. The molecule has 0 unspecified atom stereocenters. The second-order valence-corrected chi connectivity index (χ2v) is 19.6. The number of pyridine rings is 1. The minimum Gasteiger partial charge on any atom is -0.445 e. The van der Waals surface area contributed by atoms with E-state index in [1.807, 2.05) is 37.3 Å². The Balaban J connectivity index is 1.30. The van der Waals surface area contributed by atoms with Gasteiger partial charge in [-0.3, -0.25) is 0 Å². The minimum absolute atomic E-state index is 0.0113. The van der Waals surface area contributed by atoms with Crippen molar-refractivity contribution < 1.29 is 27.4 Å². The molecule has 0 saturated carbocycles. The molecule has 1 aliphatic heterocycles. The van der Waals surface area contributed by atoms with Crippen LogP contribution in [0, 0.1) is 0 Å². The monoisotopic (exact) mass is 722 g/mol. The number of benzene rings is 1. The van der Waals surface area contributed by atoms with Gasteiger partial charge < -0.3 is 24.3 Å². The van der Waals surface area contributed by atoms with Gasteiger partial charge in [-0.1, -0.05) is 50.0 Å². The SMILES string of the molecule is C[C@@H]1CC[C@@H](Nc2ncc(C(F)(F)F)c(-c3cn(COCC[Si](C)(C)C)c4nc(-c5nnnn5C)ccc34)n2)CN1C(=O)OCc1ccccc1. The topological polar surface area (TPSA) is 138 Å². The Labute approximate surface area is 294 Å². The van der Waals surface area contributed by atoms with Gasteiger partial charge in [-0.25, -0.2) is 24.4 Å². The fourth-order valence-corrected chi connectivity index (χ4v) is 6.65. The number of rotatable bonds is 11. The highest BCUT2D eigenvalue weighted by molar-refractivity contribution is 6.76. The summed E-state index contributed by atoms with van der Waals surface area (Å²) in [5.74, 6) is 0.410. The van der Waals surface area contributed by atoms with Gasteiger partial charge >= 0.3 is 12.3 Å². The Morgan fingerprint density at radius 3 is 2.57 bits per heavy atom. The molecular weight excluding hydrogens is 682 g/mol. The first-order valence-corrected chi connectivity index (χ1v) is 20.5. The third kappa shape index (κ3) is 8.53. The number of nitrogens with zero attached hydrogens (tertiary/aromatic N) is 9. The van der Waals surface area contributed by atoms with Crippen LogP contribution in [0.15, 0.2) is 54.9 Å². The van der Waals surface area contributed by atoms with Crippen LogP contribution in [0.2, 0.25) is 25.7 Å². The Hall–Kier alpha value is -4.90. The molecule has 1 amide bonds. The summed E-state index contributed by atoms with van der Waals surface area (Å²) in [6, 6.07) is 13.3. The maximum absolute atomic E-state index is 14.5. The lowest BCUT2D eigenvalue weighted by molar-refractivity contribution is -0.137. The van der Waals surface area contributed by atoms with Crippen molar-refractivity contribution in [3.63, 3.8) is 0 Å². The highest BCUT2D eigenvalue weighted by Crippen LogP contribution is 2.40. The third-order valence-electron chi connectivity index (χ3n) is 8.80. The molecule has 1 N–H and O–H groups in total. The minimum atomic E-state index is -4.74. The summed E-state index contributed by atoms with van der Waals surface area (Å²) < 4.78 is 58.3. The largest absolute Gasteiger partial charge is 0.445 e. The molecule has 1 aliphatic rings. The number of aryl methyl sites for hydroxylation is 1. The van der Waals surface area contributed by atoms with Gasteiger partial charge in [0, 0.05) is 63.7 Å². The zero-order valence-corrected chi connectivity index (χ0v) is 30.2. The van der Waals surface area contributed by atoms with E-state index in [4.69, 9.17) is 14.5 Å². The van der Waals surface area contributed by atoms with Crippen LogP contribution in [0.25, 0.3) is 33.8 Å². The Kier molecular flexibility index (Phi) is 10.4. The molecule has 1 fully saturated rings. The van der Waals surface area contributed by atoms with Gasteiger partial charge in [-0.05, 0) is 53.9 Å². The van der Waals surface area contributed by atoms with Crippen molar-refractivity contribution in [1.82, 2.24) is 44.6 Å². The second kappa shape index (κ2) is 14.8. The van der Waals surface area contributed by atoms with E-state index in [2.05, 4.69) is 50.5 Å². The third-order valence-corrected chi connectivity index (χ3v) is 10.5. The molecule has 17 heteroatoms. The van der Waals surface area contributed by atoms with Crippen molar-refractivity contribution in [3.8, 4) is 22.8 Å². The number of ether oxygens (including phenoxy) is 2. The summed E-state index contributed by atoms with van der Waals surface area (Å²) in [5.41, 5.74) is 0.636. The van der Waals surface area contributed by atoms with Crippen LogP contribution >= 0.6 is 0 Å². The highest BCUT2D eigenvalue weighted by Gasteiger charge is 2.37. The lowest BCUT2D eigenvalue weighted by atomic mass is 10.00. The predicted molar refractivity (Wildman–Crippen MR) is 187 cm³/mol. The van der Waals surface area contributed by atoms with Crippen LogP contribution in [0.4, 0.5) is 23.9 Å². The molecule has 4 aromatic heterocycles. The van der Waals surface area contributed by atoms with E-state index in [0.717, 1.165) is 17.8 Å². The number of hydrogen-bond donors (Lipinski definition) is 1. The highest BCUT2D eigenvalue weighted by atomic mass is 28.3. The molecule has 0 bridgehead atoms. The first-order chi connectivity index (χ1) is 24.3. The summed E-state index contributed by atoms with van der Waals surface area (Å²) in [6.45, 7) is 9.64. The number of aromatic nitrogens is 8. The number of carbonyl (C=O) groups is 1. The summed E-state index contributed by atoms with van der Waals surface area (Å²) in [4.78, 5) is 28.0. The number of anilines is 1. The Morgan fingerprint density at radius 1 is 1.08 bits per heavy atom. The summed E-state index contributed by atoms with van der Waals surface area (Å²) in [7, 11) is 0.289. The molecule has 13 nitrogen and oxygen atoms in total. The van der Waals surface area contributed by atoms with E-state index >= 15 is 0 Å². The van der Waals surface area contributed by atoms with Gasteiger partial charge in [0.2, 0.25) is 5.95 Å².